The van der Waals surface area contributed by atoms with Gasteiger partial charge in [-0.2, -0.15) is 0 Å². The van der Waals surface area contributed by atoms with Gasteiger partial charge in [-0.05, 0) is 38.1 Å². The third kappa shape index (κ3) is 5.25. The molecule has 9 heteroatoms. The van der Waals surface area contributed by atoms with E-state index in [9.17, 15) is 9.59 Å². The second-order valence-electron chi connectivity index (χ2n) is 7.00. The maximum atomic E-state index is 12.7. The van der Waals surface area contributed by atoms with Gasteiger partial charge in [-0.1, -0.05) is 17.3 Å². The molecule has 0 spiro atoms. The van der Waals surface area contributed by atoms with E-state index < -0.39 is 18.4 Å². The van der Waals surface area contributed by atoms with Gasteiger partial charge in [0.25, 0.3) is 0 Å². The third-order valence-electron chi connectivity index (χ3n) is 4.98. The van der Waals surface area contributed by atoms with E-state index >= 15 is 0 Å². The molecule has 0 radical (unpaired) electrons. The maximum absolute atomic E-state index is 12.7. The van der Waals surface area contributed by atoms with Crippen LogP contribution in [0.2, 0.25) is 0 Å². The van der Waals surface area contributed by atoms with Crippen LogP contribution in [0.15, 0.2) is 40.9 Å². The number of para-hydroxylation sites is 1. The Labute approximate surface area is 191 Å². The quantitative estimate of drug-likeness (QED) is 0.332. The highest BCUT2D eigenvalue weighted by Crippen LogP contribution is 2.38. The van der Waals surface area contributed by atoms with Crippen molar-refractivity contribution >= 4 is 11.8 Å². The van der Waals surface area contributed by atoms with Gasteiger partial charge >= 0.3 is 5.97 Å². The maximum Gasteiger partial charge on any atom is 0.342 e. The molecule has 0 bridgehead atoms. The van der Waals surface area contributed by atoms with Crippen LogP contribution in [-0.2, 0) is 11.3 Å². The van der Waals surface area contributed by atoms with E-state index in [1.807, 2.05) is 6.92 Å². The van der Waals surface area contributed by atoms with Gasteiger partial charge in [0.2, 0.25) is 11.5 Å². The summed E-state index contributed by atoms with van der Waals surface area (Å²) in [5.41, 5.74) is 1.96. The molecule has 0 N–H and O–H groups in total. The number of ketones is 1. The highest BCUT2D eigenvalue weighted by atomic mass is 16.5. The van der Waals surface area contributed by atoms with Crippen LogP contribution in [0.5, 0.6) is 23.0 Å². The van der Waals surface area contributed by atoms with Crippen molar-refractivity contribution in [3.05, 3.63) is 64.5 Å². The Morgan fingerprint density at radius 3 is 2.18 bits per heavy atom. The van der Waals surface area contributed by atoms with Crippen molar-refractivity contribution in [2.75, 3.05) is 27.9 Å². The minimum absolute atomic E-state index is 0.176. The fraction of sp³-hybridized carbons (Fsp3) is 0.292. The monoisotopic (exact) mass is 455 g/mol. The number of nitrogens with zero attached hydrogens (tertiary/aromatic N) is 1. The molecule has 3 aromatic rings. The Hall–Kier alpha value is -4.01. The second kappa shape index (κ2) is 10.5. The minimum atomic E-state index is -0.690. The van der Waals surface area contributed by atoms with Crippen molar-refractivity contribution in [2.45, 2.75) is 20.5 Å². The van der Waals surface area contributed by atoms with Gasteiger partial charge in [0, 0.05) is 5.56 Å². The number of hydrogen-bond acceptors (Lipinski definition) is 9. The molecule has 0 saturated heterocycles. The number of carbonyl (C=O) groups excluding carboxylic acids is 2. The molecule has 9 nitrogen and oxygen atoms in total. The summed E-state index contributed by atoms with van der Waals surface area (Å²) < 4.78 is 32.0. The van der Waals surface area contributed by atoms with Crippen LogP contribution in [0.3, 0.4) is 0 Å². The summed E-state index contributed by atoms with van der Waals surface area (Å²) in [5, 5.41) is 3.89. The van der Waals surface area contributed by atoms with Gasteiger partial charge in [0.15, 0.2) is 18.1 Å². The summed E-state index contributed by atoms with van der Waals surface area (Å²) in [6.45, 7) is 3.29. The SMILES string of the molecule is COc1cc(C(=O)COC(=O)c2ccccc2OCc2c(C)noc2C)cc(OC)c1OC. The summed E-state index contributed by atoms with van der Waals surface area (Å²) >= 11 is 0. The largest absolute Gasteiger partial charge is 0.493 e. The molecule has 0 saturated carbocycles. The van der Waals surface area contributed by atoms with Gasteiger partial charge in [0.1, 0.15) is 23.7 Å². The van der Waals surface area contributed by atoms with E-state index in [2.05, 4.69) is 5.16 Å². The van der Waals surface area contributed by atoms with Crippen molar-refractivity contribution in [2.24, 2.45) is 0 Å². The number of ether oxygens (including phenoxy) is 5. The normalized spacial score (nSPS) is 10.5. The van der Waals surface area contributed by atoms with Crippen LogP contribution < -0.4 is 18.9 Å². The Balaban J connectivity index is 1.71. The number of methoxy groups -OCH3 is 3. The first-order chi connectivity index (χ1) is 15.9. The molecule has 1 aromatic heterocycles. The number of Topliss-reactive ketones (excluding diaryl/α,β-unsaturated/α-hetero) is 1. The lowest BCUT2D eigenvalue weighted by molar-refractivity contribution is 0.0470. The van der Waals surface area contributed by atoms with Crippen LogP contribution in [0.1, 0.15) is 37.7 Å². The van der Waals surface area contributed by atoms with Crippen molar-refractivity contribution in [3.63, 3.8) is 0 Å². The van der Waals surface area contributed by atoms with Gasteiger partial charge < -0.3 is 28.2 Å². The summed E-state index contributed by atoms with van der Waals surface area (Å²) in [6.07, 6.45) is 0. The van der Waals surface area contributed by atoms with Crippen molar-refractivity contribution in [3.8, 4) is 23.0 Å². The number of aryl methyl sites for hydroxylation is 2. The van der Waals surface area contributed by atoms with Crippen LogP contribution in [0.4, 0.5) is 0 Å². The summed E-state index contributed by atoms with van der Waals surface area (Å²) in [7, 11) is 4.37. The molecule has 0 amide bonds. The van der Waals surface area contributed by atoms with Crippen molar-refractivity contribution in [1.82, 2.24) is 5.16 Å². The molecule has 0 aliphatic rings. The fourth-order valence-electron chi connectivity index (χ4n) is 3.15. The smallest absolute Gasteiger partial charge is 0.342 e. The highest BCUT2D eigenvalue weighted by Gasteiger charge is 2.20. The van der Waals surface area contributed by atoms with Gasteiger partial charge in [-0.3, -0.25) is 4.79 Å². The topological polar surface area (TPSA) is 106 Å². The number of hydrogen-bond donors (Lipinski definition) is 0. The predicted octanol–water partition coefficient (Wildman–Crippen LogP) is 3.94. The van der Waals surface area contributed by atoms with Crippen LogP contribution in [0, 0.1) is 13.8 Å². The molecule has 3 rings (SSSR count). The molecule has 1 heterocycles. The summed E-state index contributed by atoms with van der Waals surface area (Å²) in [5.74, 6) is 0.847. The van der Waals surface area contributed by atoms with Gasteiger partial charge in [0.05, 0.1) is 32.6 Å². The average Bonchev–Trinajstić information content (AvgIpc) is 3.16. The summed E-state index contributed by atoms with van der Waals surface area (Å²) in [4.78, 5) is 25.4. The lowest BCUT2D eigenvalue weighted by Crippen LogP contribution is -2.15. The summed E-state index contributed by atoms with van der Waals surface area (Å²) in [6, 6.07) is 9.63. The molecule has 0 aliphatic carbocycles. The number of carbonyl (C=O) groups is 2. The molecular formula is C24H25NO8. The van der Waals surface area contributed by atoms with E-state index in [-0.39, 0.29) is 17.7 Å². The van der Waals surface area contributed by atoms with Gasteiger partial charge in [-0.15, -0.1) is 0 Å². The standard InChI is InChI=1S/C24H25NO8/c1-14-18(15(2)33-25-14)12-31-20-9-7-6-8-17(20)24(27)32-13-19(26)16-10-21(28-3)23(30-5)22(11-16)29-4/h6-11H,12-13H2,1-5H3. The Morgan fingerprint density at radius 2 is 1.61 bits per heavy atom. The molecule has 0 atom stereocenters. The zero-order chi connectivity index (χ0) is 24.0. The number of benzene rings is 2. The highest BCUT2D eigenvalue weighted by molar-refractivity contribution is 6.00. The first-order valence-electron chi connectivity index (χ1n) is 10.0. The first-order valence-corrected chi connectivity index (χ1v) is 10.0. The Morgan fingerprint density at radius 1 is 0.939 bits per heavy atom. The van der Waals surface area contributed by atoms with E-state index in [0.29, 0.717) is 34.5 Å². The van der Waals surface area contributed by atoms with E-state index in [0.717, 1.165) is 5.56 Å². The van der Waals surface area contributed by atoms with Crippen LogP contribution in [-0.4, -0.2) is 44.8 Å². The van der Waals surface area contributed by atoms with E-state index in [4.69, 9.17) is 28.2 Å². The lowest BCUT2D eigenvalue weighted by Gasteiger charge is -2.14. The number of esters is 1. The molecular weight excluding hydrogens is 430 g/mol. The molecule has 174 valence electrons. The lowest BCUT2D eigenvalue weighted by atomic mass is 10.1. The zero-order valence-electron chi connectivity index (χ0n) is 19.1. The second-order valence-corrected chi connectivity index (χ2v) is 7.00. The Bertz CT molecular complexity index is 1110. The Kier molecular flexibility index (Phi) is 7.55. The molecule has 2 aromatic carbocycles. The van der Waals surface area contributed by atoms with Gasteiger partial charge in [-0.25, -0.2) is 4.79 Å². The van der Waals surface area contributed by atoms with Crippen LogP contribution >= 0.6 is 0 Å². The predicted molar refractivity (Wildman–Crippen MR) is 117 cm³/mol. The third-order valence-corrected chi connectivity index (χ3v) is 4.98. The minimum Gasteiger partial charge on any atom is -0.493 e. The number of aromatic nitrogens is 1. The average molecular weight is 455 g/mol. The van der Waals surface area contributed by atoms with Crippen LogP contribution in [0.25, 0.3) is 0 Å². The van der Waals surface area contributed by atoms with Crippen molar-refractivity contribution < 1.29 is 37.8 Å². The molecule has 0 fully saturated rings. The molecule has 0 aliphatic heterocycles. The molecule has 33 heavy (non-hydrogen) atoms. The number of rotatable bonds is 10. The zero-order valence-corrected chi connectivity index (χ0v) is 19.1. The molecule has 0 unspecified atom stereocenters. The first kappa shape index (κ1) is 23.6. The van der Waals surface area contributed by atoms with E-state index in [1.54, 1.807) is 31.2 Å². The van der Waals surface area contributed by atoms with E-state index in [1.165, 1.54) is 33.5 Å². The fourth-order valence-corrected chi connectivity index (χ4v) is 3.15. The van der Waals surface area contributed by atoms with Crippen molar-refractivity contribution in [1.29, 1.82) is 0 Å².